The van der Waals surface area contributed by atoms with Gasteiger partial charge in [-0.15, -0.1) is 0 Å². The average Bonchev–Trinajstić information content (AvgIpc) is 2.40. The van der Waals surface area contributed by atoms with E-state index in [0.717, 1.165) is 37.7 Å². The van der Waals surface area contributed by atoms with Gasteiger partial charge in [0.2, 0.25) is 10.0 Å². The Morgan fingerprint density at radius 3 is 2.81 bits per heavy atom. The Balaban J connectivity index is 2.20. The summed E-state index contributed by atoms with van der Waals surface area (Å²) in [4.78, 5) is 0.175. The van der Waals surface area contributed by atoms with Gasteiger partial charge in [-0.3, -0.25) is 0 Å². The van der Waals surface area contributed by atoms with E-state index in [1.54, 1.807) is 12.1 Å². The van der Waals surface area contributed by atoms with Gasteiger partial charge in [0.25, 0.3) is 0 Å². The largest absolute Gasteiger partial charge is 0.328 e. The lowest BCUT2D eigenvalue weighted by Crippen LogP contribution is -2.42. The molecule has 2 rings (SSSR count). The van der Waals surface area contributed by atoms with Crippen molar-refractivity contribution in [3.63, 3.8) is 0 Å². The van der Waals surface area contributed by atoms with E-state index in [-0.39, 0.29) is 22.0 Å². The SMILES string of the molecule is CCCc1ccc(Cl)c(S(=O)(=O)NC2CCCC(N)C2)c1. The highest BCUT2D eigenvalue weighted by molar-refractivity contribution is 7.89. The average molecular weight is 331 g/mol. The summed E-state index contributed by atoms with van der Waals surface area (Å²) in [6.07, 6.45) is 5.24. The molecule has 6 heteroatoms. The monoisotopic (exact) mass is 330 g/mol. The maximum atomic E-state index is 12.5. The predicted molar refractivity (Wildman–Crippen MR) is 86.0 cm³/mol. The van der Waals surface area contributed by atoms with Gasteiger partial charge in [-0.2, -0.15) is 0 Å². The zero-order valence-electron chi connectivity index (χ0n) is 12.3. The van der Waals surface area contributed by atoms with Gasteiger partial charge in [0, 0.05) is 12.1 Å². The molecular weight excluding hydrogens is 308 g/mol. The highest BCUT2D eigenvalue weighted by Crippen LogP contribution is 2.25. The number of rotatable bonds is 5. The third-order valence-corrected chi connectivity index (χ3v) is 5.86. The molecule has 2 unspecified atom stereocenters. The fourth-order valence-corrected chi connectivity index (χ4v) is 4.65. The van der Waals surface area contributed by atoms with Crippen LogP contribution in [0.4, 0.5) is 0 Å². The molecule has 0 radical (unpaired) electrons. The molecule has 4 nitrogen and oxygen atoms in total. The van der Waals surface area contributed by atoms with Crippen LogP contribution < -0.4 is 10.5 Å². The van der Waals surface area contributed by atoms with Gasteiger partial charge < -0.3 is 5.73 Å². The Labute approximate surface area is 132 Å². The second-order valence-electron chi connectivity index (χ2n) is 5.76. The third-order valence-electron chi connectivity index (χ3n) is 3.86. The van der Waals surface area contributed by atoms with E-state index < -0.39 is 10.0 Å². The van der Waals surface area contributed by atoms with Crippen molar-refractivity contribution in [1.29, 1.82) is 0 Å². The molecule has 1 fully saturated rings. The molecule has 1 aromatic carbocycles. The number of nitrogens with one attached hydrogen (secondary N) is 1. The van der Waals surface area contributed by atoms with E-state index in [2.05, 4.69) is 11.6 Å². The van der Waals surface area contributed by atoms with Crippen LogP contribution in [0.15, 0.2) is 23.1 Å². The normalized spacial score (nSPS) is 23.2. The van der Waals surface area contributed by atoms with Gasteiger partial charge in [-0.05, 0) is 43.4 Å². The first kappa shape index (κ1) is 16.7. The van der Waals surface area contributed by atoms with Crippen molar-refractivity contribution < 1.29 is 8.42 Å². The van der Waals surface area contributed by atoms with Crippen LogP contribution in [0.2, 0.25) is 5.02 Å². The molecule has 1 aromatic rings. The van der Waals surface area contributed by atoms with Gasteiger partial charge in [-0.1, -0.05) is 37.4 Å². The van der Waals surface area contributed by atoms with E-state index in [1.807, 2.05) is 6.07 Å². The lowest BCUT2D eigenvalue weighted by Gasteiger charge is -2.27. The lowest BCUT2D eigenvalue weighted by molar-refractivity contribution is 0.371. The third kappa shape index (κ3) is 4.42. The summed E-state index contributed by atoms with van der Waals surface area (Å²) in [5, 5.41) is 0.266. The number of hydrogen-bond acceptors (Lipinski definition) is 3. The maximum Gasteiger partial charge on any atom is 0.242 e. The topological polar surface area (TPSA) is 72.2 Å². The summed E-state index contributed by atoms with van der Waals surface area (Å²) in [5.41, 5.74) is 6.90. The van der Waals surface area contributed by atoms with Crippen molar-refractivity contribution >= 4 is 21.6 Å². The number of halogens is 1. The maximum absolute atomic E-state index is 12.5. The summed E-state index contributed by atoms with van der Waals surface area (Å²) in [6.45, 7) is 2.06. The van der Waals surface area contributed by atoms with Crippen LogP contribution in [-0.2, 0) is 16.4 Å². The molecule has 1 aliphatic rings. The van der Waals surface area contributed by atoms with Crippen LogP contribution in [0.1, 0.15) is 44.6 Å². The molecule has 0 saturated heterocycles. The summed E-state index contributed by atoms with van der Waals surface area (Å²) in [6, 6.07) is 5.20. The van der Waals surface area contributed by atoms with Crippen LogP contribution in [-0.4, -0.2) is 20.5 Å². The van der Waals surface area contributed by atoms with Gasteiger partial charge in [0.05, 0.1) is 5.02 Å². The van der Waals surface area contributed by atoms with Crippen LogP contribution in [0.5, 0.6) is 0 Å². The number of aryl methyl sites for hydroxylation is 1. The van der Waals surface area contributed by atoms with Crippen LogP contribution in [0.25, 0.3) is 0 Å². The smallest absolute Gasteiger partial charge is 0.242 e. The summed E-state index contributed by atoms with van der Waals surface area (Å²) in [7, 11) is -3.59. The highest BCUT2D eigenvalue weighted by atomic mass is 35.5. The van der Waals surface area contributed by atoms with E-state index >= 15 is 0 Å². The highest BCUT2D eigenvalue weighted by Gasteiger charge is 2.26. The summed E-state index contributed by atoms with van der Waals surface area (Å²) >= 11 is 6.08. The molecule has 0 amide bonds. The van der Waals surface area contributed by atoms with E-state index in [1.165, 1.54) is 0 Å². The second-order valence-corrected chi connectivity index (χ2v) is 7.85. The Hall–Kier alpha value is -0.620. The molecule has 1 saturated carbocycles. The number of nitrogens with two attached hydrogens (primary N) is 1. The minimum atomic E-state index is -3.59. The molecule has 0 aromatic heterocycles. The fraction of sp³-hybridized carbons (Fsp3) is 0.600. The first-order valence-electron chi connectivity index (χ1n) is 7.48. The molecular formula is C15H23ClN2O2S. The number of hydrogen-bond donors (Lipinski definition) is 2. The molecule has 1 aliphatic carbocycles. The van der Waals surface area contributed by atoms with Gasteiger partial charge in [-0.25, -0.2) is 13.1 Å². The molecule has 2 atom stereocenters. The van der Waals surface area contributed by atoms with Crippen molar-refractivity contribution in [2.75, 3.05) is 0 Å². The molecule has 118 valence electrons. The Morgan fingerprint density at radius 2 is 2.14 bits per heavy atom. The van der Waals surface area contributed by atoms with Crippen molar-refractivity contribution in [3.8, 4) is 0 Å². The lowest BCUT2D eigenvalue weighted by atomic mass is 9.92. The molecule has 3 N–H and O–H groups in total. The van der Waals surface area contributed by atoms with Crippen LogP contribution in [0.3, 0.4) is 0 Å². The molecule has 0 heterocycles. The Bertz CT molecular complexity index is 589. The number of sulfonamides is 1. The summed E-state index contributed by atoms with van der Waals surface area (Å²) < 4.78 is 27.9. The molecule has 21 heavy (non-hydrogen) atoms. The molecule has 0 bridgehead atoms. The number of benzene rings is 1. The zero-order valence-corrected chi connectivity index (χ0v) is 13.9. The van der Waals surface area contributed by atoms with Crippen LogP contribution in [0, 0.1) is 0 Å². The van der Waals surface area contributed by atoms with Crippen LogP contribution >= 0.6 is 11.6 Å². The second kappa shape index (κ2) is 7.09. The fourth-order valence-electron chi connectivity index (χ4n) is 2.82. The van der Waals surface area contributed by atoms with Crippen molar-refractivity contribution in [2.45, 2.75) is 62.4 Å². The van der Waals surface area contributed by atoms with Gasteiger partial charge in [0.1, 0.15) is 4.90 Å². The van der Waals surface area contributed by atoms with Gasteiger partial charge in [0.15, 0.2) is 0 Å². The predicted octanol–water partition coefficient (Wildman–Crippen LogP) is 2.84. The van der Waals surface area contributed by atoms with Crippen molar-refractivity contribution in [2.24, 2.45) is 5.73 Å². The quantitative estimate of drug-likeness (QED) is 0.872. The van der Waals surface area contributed by atoms with Crippen molar-refractivity contribution in [1.82, 2.24) is 4.72 Å². The minimum absolute atomic E-state index is 0.0772. The van der Waals surface area contributed by atoms with E-state index in [4.69, 9.17) is 17.3 Å². The van der Waals surface area contributed by atoms with Crippen molar-refractivity contribution in [3.05, 3.63) is 28.8 Å². The van der Waals surface area contributed by atoms with Gasteiger partial charge >= 0.3 is 0 Å². The van der Waals surface area contributed by atoms with E-state index in [9.17, 15) is 8.42 Å². The summed E-state index contributed by atoms with van der Waals surface area (Å²) in [5.74, 6) is 0. The molecule has 0 aliphatic heterocycles. The first-order chi connectivity index (χ1) is 9.92. The first-order valence-corrected chi connectivity index (χ1v) is 9.35. The minimum Gasteiger partial charge on any atom is -0.328 e. The van der Waals surface area contributed by atoms with E-state index in [0.29, 0.717) is 6.42 Å². The standard InChI is InChI=1S/C15H23ClN2O2S/c1-2-4-11-7-8-14(16)15(9-11)21(19,20)18-13-6-3-5-12(17)10-13/h7-9,12-13,18H,2-6,10,17H2,1H3. The zero-order chi connectivity index (χ0) is 15.5. The molecule has 0 spiro atoms. The Kier molecular flexibility index (Phi) is 5.66. The Morgan fingerprint density at radius 1 is 1.38 bits per heavy atom.